The molecule has 0 aliphatic rings. The molecule has 0 unspecified atom stereocenters. The summed E-state index contributed by atoms with van der Waals surface area (Å²) >= 11 is 6.32. The number of aromatic amines is 1. The fourth-order valence-corrected chi connectivity index (χ4v) is 2.57. The molecule has 3 aromatic rings. The number of aryl methyl sites for hydroxylation is 2. The molecule has 0 fully saturated rings. The summed E-state index contributed by atoms with van der Waals surface area (Å²) in [5.74, 6) is 0. The van der Waals surface area contributed by atoms with Crippen LogP contribution in [0.3, 0.4) is 0 Å². The molecule has 0 aliphatic heterocycles. The molecule has 0 saturated heterocycles. The first-order chi connectivity index (χ1) is 10.2. The number of para-hydroxylation sites is 1. The van der Waals surface area contributed by atoms with Gasteiger partial charge in [-0.05, 0) is 32.0 Å². The second-order valence-corrected chi connectivity index (χ2v) is 5.26. The van der Waals surface area contributed by atoms with E-state index in [0.717, 1.165) is 22.8 Å². The van der Waals surface area contributed by atoms with Gasteiger partial charge in [-0.3, -0.25) is 5.10 Å². The SMILES string of the molecule is Cc1n[nH]c(C)c1CNc1cccc(Cl)c1-n1cccn1. The fraction of sp³-hybridized carbons (Fsp3) is 0.200. The maximum Gasteiger partial charge on any atom is 0.106 e. The highest BCUT2D eigenvalue weighted by Crippen LogP contribution is 2.28. The molecule has 108 valence electrons. The summed E-state index contributed by atoms with van der Waals surface area (Å²) < 4.78 is 1.76. The summed E-state index contributed by atoms with van der Waals surface area (Å²) in [6.45, 7) is 4.69. The lowest BCUT2D eigenvalue weighted by Gasteiger charge is -2.13. The van der Waals surface area contributed by atoms with Crippen molar-refractivity contribution in [3.63, 3.8) is 0 Å². The molecule has 0 radical (unpaired) electrons. The Kier molecular flexibility index (Phi) is 3.66. The van der Waals surface area contributed by atoms with Crippen molar-refractivity contribution < 1.29 is 0 Å². The first-order valence-corrected chi connectivity index (χ1v) is 7.07. The third-order valence-corrected chi connectivity index (χ3v) is 3.76. The van der Waals surface area contributed by atoms with Gasteiger partial charge in [-0.2, -0.15) is 10.2 Å². The predicted molar refractivity (Wildman–Crippen MR) is 84.0 cm³/mol. The minimum Gasteiger partial charge on any atom is -0.379 e. The molecule has 0 aliphatic carbocycles. The number of nitrogens with zero attached hydrogens (tertiary/aromatic N) is 3. The highest BCUT2D eigenvalue weighted by molar-refractivity contribution is 6.33. The smallest absolute Gasteiger partial charge is 0.106 e. The Hall–Kier alpha value is -2.27. The zero-order valence-electron chi connectivity index (χ0n) is 11.9. The van der Waals surface area contributed by atoms with Crippen LogP contribution in [0.2, 0.25) is 5.02 Å². The molecule has 2 N–H and O–H groups in total. The number of halogens is 1. The molecule has 1 aromatic carbocycles. The molecular weight excluding hydrogens is 286 g/mol. The number of hydrogen-bond donors (Lipinski definition) is 2. The number of hydrogen-bond acceptors (Lipinski definition) is 3. The van der Waals surface area contributed by atoms with Crippen LogP contribution in [0, 0.1) is 13.8 Å². The van der Waals surface area contributed by atoms with Crippen LogP contribution in [0.4, 0.5) is 5.69 Å². The molecule has 3 rings (SSSR count). The van der Waals surface area contributed by atoms with Crippen LogP contribution in [0.1, 0.15) is 17.0 Å². The average molecular weight is 302 g/mol. The highest BCUT2D eigenvalue weighted by Gasteiger charge is 2.11. The molecule has 0 atom stereocenters. The Morgan fingerprint density at radius 3 is 2.81 bits per heavy atom. The van der Waals surface area contributed by atoms with Crippen LogP contribution in [-0.4, -0.2) is 20.0 Å². The Morgan fingerprint density at radius 2 is 2.14 bits per heavy atom. The van der Waals surface area contributed by atoms with Gasteiger partial charge in [0.15, 0.2) is 0 Å². The van der Waals surface area contributed by atoms with E-state index in [0.29, 0.717) is 11.6 Å². The number of nitrogens with one attached hydrogen (secondary N) is 2. The molecule has 2 aromatic heterocycles. The Morgan fingerprint density at radius 1 is 1.29 bits per heavy atom. The lowest BCUT2D eigenvalue weighted by atomic mass is 10.2. The van der Waals surface area contributed by atoms with Gasteiger partial charge >= 0.3 is 0 Å². The van der Waals surface area contributed by atoms with Crippen molar-refractivity contribution in [2.24, 2.45) is 0 Å². The van der Waals surface area contributed by atoms with Crippen molar-refractivity contribution >= 4 is 17.3 Å². The Balaban J connectivity index is 1.91. The van der Waals surface area contributed by atoms with E-state index in [-0.39, 0.29) is 0 Å². The third-order valence-electron chi connectivity index (χ3n) is 3.46. The van der Waals surface area contributed by atoms with E-state index >= 15 is 0 Å². The van der Waals surface area contributed by atoms with Crippen molar-refractivity contribution in [1.82, 2.24) is 20.0 Å². The summed E-state index contributed by atoms with van der Waals surface area (Å²) in [6, 6.07) is 7.65. The van der Waals surface area contributed by atoms with Gasteiger partial charge in [0.05, 0.1) is 16.4 Å². The second-order valence-electron chi connectivity index (χ2n) is 4.85. The highest BCUT2D eigenvalue weighted by atomic mass is 35.5. The van der Waals surface area contributed by atoms with Gasteiger partial charge in [-0.25, -0.2) is 4.68 Å². The number of rotatable bonds is 4. The average Bonchev–Trinajstić information content (AvgIpc) is 3.08. The summed E-state index contributed by atoms with van der Waals surface area (Å²) in [4.78, 5) is 0. The molecular formula is C15H16ClN5. The monoisotopic (exact) mass is 301 g/mol. The van der Waals surface area contributed by atoms with Crippen LogP contribution in [0.5, 0.6) is 0 Å². The molecule has 0 spiro atoms. The van der Waals surface area contributed by atoms with Crippen molar-refractivity contribution in [2.75, 3.05) is 5.32 Å². The van der Waals surface area contributed by atoms with Crippen molar-refractivity contribution in [3.05, 3.63) is 58.6 Å². The van der Waals surface area contributed by atoms with Gasteiger partial charge in [-0.15, -0.1) is 0 Å². The molecule has 5 nitrogen and oxygen atoms in total. The van der Waals surface area contributed by atoms with E-state index in [1.54, 1.807) is 10.9 Å². The van der Waals surface area contributed by atoms with Crippen LogP contribution in [0.15, 0.2) is 36.7 Å². The van der Waals surface area contributed by atoms with Crippen molar-refractivity contribution in [1.29, 1.82) is 0 Å². The van der Waals surface area contributed by atoms with Gasteiger partial charge in [0, 0.05) is 30.2 Å². The summed E-state index contributed by atoms with van der Waals surface area (Å²) in [7, 11) is 0. The molecule has 21 heavy (non-hydrogen) atoms. The first-order valence-electron chi connectivity index (χ1n) is 6.69. The summed E-state index contributed by atoms with van der Waals surface area (Å²) in [5, 5.41) is 15.5. The van der Waals surface area contributed by atoms with Gasteiger partial charge < -0.3 is 5.32 Å². The van der Waals surface area contributed by atoms with Crippen LogP contribution in [-0.2, 0) is 6.54 Å². The minimum atomic E-state index is 0.657. The predicted octanol–water partition coefficient (Wildman–Crippen LogP) is 3.48. The largest absolute Gasteiger partial charge is 0.379 e. The van der Waals surface area contributed by atoms with Gasteiger partial charge in [0.25, 0.3) is 0 Å². The normalized spacial score (nSPS) is 10.8. The topological polar surface area (TPSA) is 58.5 Å². The first kappa shape index (κ1) is 13.7. The number of anilines is 1. The minimum absolute atomic E-state index is 0.657. The number of benzene rings is 1. The lowest BCUT2D eigenvalue weighted by Crippen LogP contribution is -2.06. The molecule has 0 saturated carbocycles. The summed E-state index contributed by atoms with van der Waals surface area (Å²) in [5.41, 5.74) is 5.03. The second kappa shape index (κ2) is 5.61. The van der Waals surface area contributed by atoms with Crippen LogP contribution in [0.25, 0.3) is 5.69 Å². The zero-order valence-corrected chi connectivity index (χ0v) is 12.6. The van der Waals surface area contributed by atoms with Crippen LogP contribution >= 0.6 is 11.6 Å². The Bertz CT molecular complexity index is 726. The maximum absolute atomic E-state index is 6.32. The number of H-pyrrole nitrogens is 1. The lowest BCUT2D eigenvalue weighted by molar-refractivity contribution is 0.879. The van der Waals surface area contributed by atoms with Gasteiger partial charge in [0.1, 0.15) is 5.69 Å². The van der Waals surface area contributed by atoms with E-state index in [9.17, 15) is 0 Å². The van der Waals surface area contributed by atoms with Gasteiger partial charge in [0.2, 0.25) is 0 Å². The summed E-state index contributed by atoms with van der Waals surface area (Å²) in [6.07, 6.45) is 3.61. The van der Waals surface area contributed by atoms with E-state index in [2.05, 4.69) is 20.6 Å². The molecule has 6 heteroatoms. The van der Waals surface area contributed by atoms with Gasteiger partial charge in [-0.1, -0.05) is 17.7 Å². The maximum atomic E-state index is 6.32. The zero-order chi connectivity index (χ0) is 14.8. The molecule has 0 bridgehead atoms. The molecule has 2 heterocycles. The van der Waals surface area contributed by atoms with E-state index in [1.807, 2.05) is 44.3 Å². The van der Waals surface area contributed by atoms with Crippen molar-refractivity contribution in [2.45, 2.75) is 20.4 Å². The standard InChI is InChI=1S/C15H16ClN5/c1-10-12(11(2)20-19-10)9-17-14-6-3-5-13(16)15(14)21-8-4-7-18-21/h3-8,17H,9H2,1-2H3,(H,19,20). The third kappa shape index (κ3) is 2.64. The Labute approximate surface area is 127 Å². The van der Waals surface area contributed by atoms with Crippen molar-refractivity contribution in [3.8, 4) is 5.69 Å². The quantitative estimate of drug-likeness (QED) is 0.775. The van der Waals surface area contributed by atoms with E-state index in [1.165, 1.54) is 5.56 Å². The van der Waals surface area contributed by atoms with Crippen LogP contribution < -0.4 is 5.32 Å². The number of aromatic nitrogens is 4. The van der Waals surface area contributed by atoms with E-state index < -0.39 is 0 Å². The fourth-order valence-electron chi connectivity index (χ4n) is 2.31. The van der Waals surface area contributed by atoms with E-state index in [4.69, 9.17) is 11.6 Å². The molecule has 0 amide bonds.